The van der Waals surface area contributed by atoms with Gasteiger partial charge in [0.15, 0.2) is 0 Å². The summed E-state index contributed by atoms with van der Waals surface area (Å²) in [7, 11) is 0. The van der Waals surface area contributed by atoms with E-state index in [1.807, 2.05) is 30.9 Å². The number of nitrogens with one attached hydrogen (secondary N) is 1. The van der Waals surface area contributed by atoms with Gasteiger partial charge in [-0.3, -0.25) is 0 Å². The lowest BCUT2D eigenvalue weighted by atomic mass is 10.1. The molecule has 24 heavy (non-hydrogen) atoms. The van der Waals surface area contributed by atoms with Crippen LogP contribution in [0.25, 0.3) is 20.7 Å². The Bertz CT molecular complexity index is 892. The van der Waals surface area contributed by atoms with Crippen molar-refractivity contribution in [3.8, 4) is 10.6 Å². The lowest BCUT2D eigenvalue weighted by Gasteiger charge is -2.15. The molecule has 0 bridgehead atoms. The van der Waals surface area contributed by atoms with Gasteiger partial charge >= 0.3 is 0 Å². The second kappa shape index (κ2) is 6.77. The third-order valence-electron chi connectivity index (χ3n) is 4.07. The topological polar surface area (TPSA) is 29.9 Å². The minimum atomic E-state index is -0.198. The van der Waals surface area contributed by atoms with Gasteiger partial charge in [-0.1, -0.05) is 19.1 Å². The van der Waals surface area contributed by atoms with E-state index < -0.39 is 0 Å². The van der Waals surface area contributed by atoms with Gasteiger partial charge in [-0.05, 0) is 56.3 Å². The largest absolute Gasteiger partial charge is 0.318 e. The molecule has 3 rings (SSSR count). The van der Waals surface area contributed by atoms with Crippen molar-refractivity contribution < 1.29 is 4.39 Å². The Kier molecular flexibility index (Phi) is 4.71. The molecular weight excluding hydrogens is 321 g/mol. The van der Waals surface area contributed by atoms with Crippen LogP contribution in [0.15, 0.2) is 36.7 Å². The molecule has 3 nitrogen and oxygen atoms in total. The van der Waals surface area contributed by atoms with Crippen LogP contribution in [-0.2, 0) is 0 Å². The molecule has 0 aliphatic rings. The highest BCUT2D eigenvalue weighted by atomic mass is 32.1. The van der Waals surface area contributed by atoms with E-state index >= 15 is 0 Å². The van der Waals surface area contributed by atoms with Gasteiger partial charge in [-0.2, -0.15) is 0 Å². The van der Waals surface area contributed by atoms with Crippen LogP contribution < -0.4 is 5.43 Å². The first kappa shape index (κ1) is 16.7. The molecule has 0 fully saturated rings. The maximum Gasteiger partial charge on any atom is 0.123 e. The molecule has 0 amide bonds. The Morgan fingerprint density at radius 1 is 1.38 bits per heavy atom. The minimum Gasteiger partial charge on any atom is -0.318 e. The average molecular weight is 343 g/mol. The molecule has 0 spiro atoms. The number of rotatable bonds is 5. The summed E-state index contributed by atoms with van der Waals surface area (Å²) < 4.78 is 16.7. The van der Waals surface area contributed by atoms with E-state index in [1.54, 1.807) is 17.4 Å². The lowest BCUT2D eigenvalue weighted by molar-refractivity contribution is 0.630. The molecule has 0 aliphatic heterocycles. The van der Waals surface area contributed by atoms with Gasteiger partial charge in [0.25, 0.3) is 0 Å². The van der Waals surface area contributed by atoms with E-state index in [0.29, 0.717) is 0 Å². The van der Waals surface area contributed by atoms with Crippen molar-refractivity contribution in [1.82, 2.24) is 9.66 Å². The molecule has 1 aromatic carbocycles. The van der Waals surface area contributed by atoms with Crippen molar-refractivity contribution in [1.29, 1.82) is 0 Å². The van der Waals surface area contributed by atoms with Crippen LogP contribution in [0.4, 0.5) is 4.39 Å². The molecule has 0 saturated carbocycles. The van der Waals surface area contributed by atoms with Crippen LogP contribution >= 0.6 is 11.3 Å². The summed E-state index contributed by atoms with van der Waals surface area (Å²) >= 11 is 1.68. The van der Waals surface area contributed by atoms with E-state index in [-0.39, 0.29) is 11.9 Å². The molecule has 2 heterocycles. The monoisotopic (exact) mass is 343 g/mol. The number of halogens is 1. The van der Waals surface area contributed by atoms with E-state index in [4.69, 9.17) is 0 Å². The molecule has 0 saturated heterocycles. The second-order valence-corrected chi connectivity index (χ2v) is 7.05. The van der Waals surface area contributed by atoms with Gasteiger partial charge in [0.05, 0.1) is 16.6 Å². The SMILES string of the molecule is CC/C=C/C(C)Nn1cnc(C)c1-c1sc2ccc(F)cc2c1C. The zero-order chi connectivity index (χ0) is 17.3. The number of aryl methyl sites for hydroxylation is 2. The number of nitrogens with zero attached hydrogens (tertiary/aromatic N) is 2. The third-order valence-corrected chi connectivity index (χ3v) is 5.35. The van der Waals surface area contributed by atoms with Gasteiger partial charge in [0.2, 0.25) is 0 Å². The maximum atomic E-state index is 13.6. The van der Waals surface area contributed by atoms with Crippen molar-refractivity contribution >= 4 is 21.4 Å². The minimum absolute atomic E-state index is 0.198. The smallest absolute Gasteiger partial charge is 0.123 e. The summed E-state index contributed by atoms with van der Waals surface area (Å²) in [5.74, 6) is -0.198. The van der Waals surface area contributed by atoms with Crippen molar-refractivity contribution in [2.75, 3.05) is 5.43 Å². The number of thiophene rings is 1. The molecule has 0 radical (unpaired) electrons. The van der Waals surface area contributed by atoms with Crippen LogP contribution in [0.5, 0.6) is 0 Å². The maximum absolute atomic E-state index is 13.6. The van der Waals surface area contributed by atoms with Crippen LogP contribution in [0.1, 0.15) is 31.5 Å². The van der Waals surface area contributed by atoms with E-state index in [9.17, 15) is 4.39 Å². The predicted molar refractivity (Wildman–Crippen MR) is 101 cm³/mol. The van der Waals surface area contributed by atoms with Crippen molar-refractivity contribution in [3.63, 3.8) is 0 Å². The number of imidazole rings is 1. The number of benzene rings is 1. The van der Waals surface area contributed by atoms with Gasteiger partial charge in [-0.15, -0.1) is 11.3 Å². The molecular formula is C19H22FN3S. The first-order valence-electron chi connectivity index (χ1n) is 8.17. The fourth-order valence-corrected chi connectivity index (χ4v) is 4.11. The van der Waals surface area contributed by atoms with E-state index in [2.05, 4.69) is 36.4 Å². The Morgan fingerprint density at radius 3 is 2.92 bits per heavy atom. The van der Waals surface area contributed by atoms with Gasteiger partial charge in [0.1, 0.15) is 17.8 Å². The fourth-order valence-electron chi connectivity index (χ4n) is 2.83. The summed E-state index contributed by atoms with van der Waals surface area (Å²) in [6.07, 6.45) is 7.12. The third kappa shape index (κ3) is 3.08. The summed E-state index contributed by atoms with van der Waals surface area (Å²) in [5.41, 5.74) is 6.55. The molecule has 1 atom stereocenters. The highest BCUT2D eigenvalue weighted by molar-refractivity contribution is 7.22. The number of hydrogen-bond donors (Lipinski definition) is 1. The quantitative estimate of drug-likeness (QED) is 0.627. The highest BCUT2D eigenvalue weighted by Gasteiger charge is 2.18. The van der Waals surface area contributed by atoms with Gasteiger partial charge in [0, 0.05) is 4.70 Å². The molecule has 0 aliphatic carbocycles. The van der Waals surface area contributed by atoms with Crippen molar-refractivity contribution in [3.05, 3.63) is 53.8 Å². The number of fused-ring (bicyclic) bond motifs is 1. The van der Waals surface area contributed by atoms with E-state index in [1.165, 1.54) is 6.07 Å². The molecule has 2 aromatic heterocycles. The number of hydrogen-bond acceptors (Lipinski definition) is 3. The molecule has 1 N–H and O–H groups in total. The Hall–Kier alpha value is -2.14. The van der Waals surface area contributed by atoms with Crippen LogP contribution in [0, 0.1) is 19.7 Å². The Labute approximate surface area is 145 Å². The standard InChI is InChI=1S/C19H22FN3S/c1-5-6-7-12(2)22-23-11-21-14(4)18(23)19-13(3)16-10-15(20)8-9-17(16)24-19/h6-12,22H,5H2,1-4H3/b7-6+. The molecule has 1 unspecified atom stereocenters. The molecule has 126 valence electrons. The summed E-state index contributed by atoms with van der Waals surface area (Å²) in [6, 6.07) is 5.18. The second-order valence-electron chi connectivity index (χ2n) is 6.00. The number of aromatic nitrogens is 2. The van der Waals surface area contributed by atoms with Gasteiger partial charge in [-0.25, -0.2) is 14.1 Å². The number of allylic oxidation sites excluding steroid dienone is 1. The Morgan fingerprint density at radius 2 is 2.17 bits per heavy atom. The normalized spacial score (nSPS) is 13.0. The van der Waals surface area contributed by atoms with Crippen molar-refractivity contribution in [2.24, 2.45) is 0 Å². The highest BCUT2D eigenvalue weighted by Crippen LogP contribution is 2.39. The average Bonchev–Trinajstić information content (AvgIpc) is 3.06. The fraction of sp³-hybridized carbons (Fsp3) is 0.316. The zero-order valence-electron chi connectivity index (χ0n) is 14.4. The summed E-state index contributed by atoms with van der Waals surface area (Å²) in [4.78, 5) is 5.59. The summed E-state index contributed by atoms with van der Waals surface area (Å²) in [5, 5.41) is 0.973. The zero-order valence-corrected chi connectivity index (χ0v) is 15.2. The molecule has 3 aromatic rings. The Balaban J connectivity index is 2.05. The first-order valence-corrected chi connectivity index (χ1v) is 8.99. The van der Waals surface area contributed by atoms with Crippen LogP contribution in [-0.4, -0.2) is 15.7 Å². The van der Waals surface area contributed by atoms with Gasteiger partial charge < -0.3 is 5.43 Å². The van der Waals surface area contributed by atoms with Crippen LogP contribution in [0.2, 0.25) is 0 Å². The van der Waals surface area contributed by atoms with Crippen molar-refractivity contribution in [2.45, 2.75) is 40.2 Å². The van der Waals surface area contributed by atoms with Crippen LogP contribution in [0.3, 0.4) is 0 Å². The molecule has 5 heteroatoms. The van der Waals surface area contributed by atoms with E-state index in [0.717, 1.165) is 38.3 Å². The predicted octanol–water partition coefficient (Wildman–Crippen LogP) is 5.42. The summed E-state index contributed by atoms with van der Waals surface area (Å²) in [6.45, 7) is 8.28. The lowest BCUT2D eigenvalue weighted by Crippen LogP contribution is -2.23. The first-order chi connectivity index (χ1) is 11.5.